The fourth-order valence-electron chi connectivity index (χ4n) is 6.74. The van der Waals surface area contributed by atoms with Gasteiger partial charge in [0.2, 0.25) is 5.75 Å². The van der Waals surface area contributed by atoms with E-state index < -0.39 is 0 Å². The number of ether oxygens (including phenoxy) is 6. The van der Waals surface area contributed by atoms with Crippen LogP contribution in [0.25, 0.3) is 0 Å². The average Bonchev–Trinajstić information content (AvgIpc) is 3.09. The van der Waals surface area contributed by atoms with Gasteiger partial charge in [-0.3, -0.25) is 4.90 Å². The van der Waals surface area contributed by atoms with Crippen molar-refractivity contribution in [2.24, 2.45) is 0 Å². The van der Waals surface area contributed by atoms with Crippen molar-refractivity contribution in [1.82, 2.24) is 10.2 Å². The molecule has 8 nitrogen and oxygen atoms in total. The molecule has 0 fully saturated rings. The lowest BCUT2D eigenvalue weighted by Gasteiger charge is -2.37. The van der Waals surface area contributed by atoms with Crippen molar-refractivity contribution in [3.8, 4) is 46.0 Å². The van der Waals surface area contributed by atoms with Crippen LogP contribution < -0.4 is 33.7 Å². The fraction of sp³-hybridized carbons (Fsp3) is 0.368. The van der Waals surface area contributed by atoms with Crippen LogP contribution in [0.15, 0.2) is 53.0 Å². The van der Waals surface area contributed by atoms with E-state index in [2.05, 4.69) is 57.5 Å². The summed E-state index contributed by atoms with van der Waals surface area (Å²) in [5, 5.41) is 3.88. The van der Waals surface area contributed by atoms with Gasteiger partial charge in [-0.05, 0) is 127 Å². The molecule has 0 unspecified atom stereocenters. The van der Waals surface area contributed by atoms with Gasteiger partial charge in [0, 0.05) is 29.2 Å². The van der Waals surface area contributed by atoms with E-state index in [1.807, 2.05) is 31.3 Å². The lowest BCUT2D eigenvalue weighted by atomic mass is 9.87. The Balaban J connectivity index is 1.61. The van der Waals surface area contributed by atoms with E-state index in [-0.39, 0.29) is 6.04 Å². The highest BCUT2D eigenvalue weighted by atomic mass is 79.9. The van der Waals surface area contributed by atoms with Crippen LogP contribution in [-0.2, 0) is 32.1 Å². The average molecular weight is 738 g/mol. The first-order chi connectivity index (χ1) is 23.3. The normalized spacial score (nSPS) is 15.8. The van der Waals surface area contributed by atoms with E-state index in [1.165, 1.54) is 16.7 Å². The Hall–Kier alpha value is -3.63. The topological polar surface area (TPSA) is 70.7 Å². The summed E-state index contributed by atoms with van der Waals surface area (Å²) in [6, 6.07) is 16.1. The maximum Gasteiger partial charge on any atom is 0.205 e. The third-order valence-electron chi connectivity index (χ3n) is 9.36. The van der Waals surface area contributed by atoms with Crippen molar-refractivity contribution in [2.75, 3.05) is 55.6 Å². The smallest absolute Gasteiger partial charge is 0.205 e. The van der Waals surface area contributed by atoms with Crippen molar-refractivity contribution in [3.63, 3.8) is 0 Å². The second-order valence-corrected chi connectivity index (χ2v) is 13.3. The molecule has 0 spiro atoms. The first-order valence-corrected chi connectivity index (χ1v) is 17.3. The molecule has 3 aliphatic heterocycles. The molecule has 4 aromatic carbocycles. The Morgan fingerprint density at radius 2 is 1.54 bits per heavy atom. The Morgan fingerprint density at radius 3 is 2.23 bits per heavy atom. The number of fused-ring (bicyclic) bond motifs is 3. The van der Waals surface area contributed by atoms with Crippen molar-refractivity contribution in [2.45, 2.75) is 38.1 Å². The van der Waals surface area contributed by atoms with Gasteiger partial charge >= 0.3 is 0 Å². The van der Waals surface area contributed by atoms with Crippen molar-refractivity contribution in [1.29, 1.82) is 0 Å². The molecule has 0 saturated carbocycles. The fourth-order valence-corrected chi connectivity index (χ4v) is 7.72. The predicted octanol–water partition coefficient (Wildman–Crippen LogP) is 8.35. The second kappa shape index (κ2) is 14.9. The summed E-state index contributed by atoms with van der Waals surface area (Å²) in [6.07, 6.45) is 3.87. The molecule has 3 aliphatic rings. The summed E-state index contributed by atoms with van der Waals surface area (Å²) in [5.74, 6) is 4.85. The molecule has 48 heavy (non-hydrogen) atoms. The minimum atomic E-state index is -0.128. The van der Waals surface area contributed by atoms with Crippen LogP contribution in [0.1, 0.15) is 39.4 Å². The number of hydrogen-bond acceptors (Lipinski definition) is 8. The quantitative estimate of drug-likeness (QED) is 0.203. The van der Waals surface area contributed by atoms with Crippen LogP contribution in [0.3, 0.4) is 0 Å². The number of hydrogen-bond donors (Lipinski definition) is 1. The van der Waals surface area contributed by atoms with Crippen LogP contribution >= 0.6 is 27.5 Å². The molecule has 3 heterocycles. The third-order valence-corrected chi connectivity index (χ3v) is 10.5. The Kier molecular flexibility index (Phi) is 10.6. The SMILES string of the molecule is CNCCc1cc(OC)c2cc1CCc1ccc(cc1)Oc1cc(c(Cl)cc1OC)C[C@H]1c3c(c(Br)c(OC)c(OC)c3O2)CCN1C. The van der Waals surface area contributed by atoms with E-state index in [1.54, 1.807) is 28.4 Å². The van der Waals surface area contributed by atoms with Gasteiger partial charge in [-0.1, -0.05) is 23.7 Å². The zero-order chi connectivity index (χ0) is 33.9. The van der Waals surface area contributed by atoms with Gasteiger partial charge in [0.15, 0.2) is 34.5 Å². The molecule has 6 bridgehead atoms. The highest BCUT2D eigenvalue weighted by molar-refractivity contribution is 9.10. The van der Waals surface area contributed by atoms with Gasteiger partial charge in [0.1, 0.15) is 5.75 Å². The molecule has 1 N–H and O–H groups in total. The highest BCUT2D eigenvalue weighted by Gasteiger charge is 2.36. The summed E-state index contributed by atoms with van der Waals surface area (Å²) >= 11 is 10.8. The minimum absolute atomic E-state index is 0.128. The molecule has 0 amide bonds. The molecule has 1 atom stereocenters. The number of rotatable bonds is 7. The molecule has 0 aliphatic carbocycles. The lowest BCUT2D eigenvalue weighted by Crippen LogP contribution is -2.34. The second-order valence-electron chi connectivity index (χ2n) is 12.1. The Bertz CT molecular complexity index is 1800. The number of aryl methyl sites for hydroxylation is 2. The van der Waals surface area contributed by atoms with Crippen molar-refractivity contribution in [3.05, 3.63) is 91.4 Å². The van der Waals surface area contributed by atoms with E-state index in [4.69, 9.17) is 40.0 Å². The van der Waals surface area contributed by atoms with Crippen LogP contribution in [0, 0.1) is 0 Å². The standard InChI is InChI=1S/C38H42BrClN2O6/c1-41-15-13-24-18-30(43-3)33-19-23(24)10-7-22-8-11-26(12-9-22)47-32-20-25(28(40)21-31(32)44-4)17-29-34-27(14-16-42(29)2)35(39)37(45-5)38(46-6)36(34)48-33/h8-9,11-12,18-21,29,41H,7,10,13-17H2,1-6H3/t29-/m0/s1. The third kappa shape index (κ3) is 6.66. The number of likely N-dealkylation sites (N-methyl/N-ethyl adjacent to an activating group) is 2. The Morgan fingerprint density at radius 1 is 0.854 bits per heavy atom. The summed E-state index contributed by atoms with van der Waals surface area (Å²) < 4.78 is 38.0. The maximum absolute atomic E-state index is 7.02. The lowest BCUT2D eigenvalue weighted by molar-refractivity contribution is 0.220. The maximum atomic E-state index is 7.02. The van der Waals surface area contributed by atoms with E-state index in [0.717, 1.165) is 65.7 Å². The predicted molar refractivity (Wildman–Crippen MR) is 193 cm³/mol. The van der Waals surface area contributed by atoms with Crippen molar-refractivity contribution < 1.29 is 28.4 Å². The van der Waals surface area contributed by atoms with Crippen LogP contribution in [0.2, 0.25) is 5.02 Å². The summed E-state index contributed by atoms with van der Waals surface area (Å²) in [5.41, 5.74) is 6.62. The number of halogens is 2. The Labute approximate surface area is 296 Å². The van der Waals surface area contributed by atoms with E-state index in [0.29, 0.717) is 51.7 Å². The number of nitrogens with zero attached hydrogens (tertiary/aromatic N) is 1. The molecule has 0 aromatic heterocycles. The molecule has 4 aromatic rings. The summed E-state index contributed by atoms with van der Waals surface area (Å²) in [7, 11) is 10.7. The van der Waals surface area contributed by atoms with Gasteiger partial charge in [-0.25, -0.2) is 0 Å². The van der Waals surface area contributed by atoms with Gasteiger partial charge in [0.05, 0.1) is 32.9 Å². The minimum Gasteiger partial charge on any atom is -0.493 e. The molecule has 0 radical (unpaired) electrons. The zero-order valence-corrected chi connectivity index (χ0v) is 30.6. The number of methoxy groups -OCH3 is 4. The van der Waals surface area contributed by atoms with Gasteiger partial charge in [-0.2, -0.15) is 0 Å². The van der Waals surface area contributed by atoms with Crippen molar-refractivity contribution >= 4 is 27.5 Å². The molecule has 7 rings (SSSR count). The van der Waals surface area contributed by atoms with Gasteiger partial charge < -0.3 is 33.7 Å². The largest absolute Gasteiger partial charge is 0.493 e. The summed E-state index contributed by atoms with van der Waals surface area (Å²) in [6.45, 7) is 1.66. The van der Waals surface area contributed by atoms with Crippen LogP contribution in [0.4, 0.5) is 0 Å². The molecule has 0 saturated heterocycles. The molecule has 10 heteroatoms. The van der Waals surface area contributed by atoms with Crippen LogP contribution in [-0.4, -0.2) is 60.5 Å². The first kappa shape index (κ1) is 34.2. The van der Waals surface area contributed by atoms with E-state index >= 15 is 0 Å². The zero-order valence-electron chi connectivity index (χ0n) is 28.3. The summed E-state index contributed by atoms with van der Waals surface area (Å²) in [4.78, 5) is 2.33. The molecular formula is C38H42BrClN2O6. The van der Waals surface area contributed by atoms with Gasteiger partial charge in [0.25, 0.3) is 0 Å². The van der Waals surface area contributed by atoms with E-state index in [9.17, 15) is 0 Å². The van der Waals surface area contributed by atoms with Gasteiger partial charge in [-0.15, -0.1) is 0 Å². The highest BCUT2D eigenvalue weighted by Crippen LogP contribution is 2.55. The van der Waals surface area contributed by atoms with Crippen LogP contribution in [0.5, 0.6) is 46.0 Å². The number of benzene rings is 4. The first-order valence-electron chi connectivity index (χ1n) is 16.1. The number of nitrogens with one attached hydrogen (secondary N) is 1. The molecular weight excluding hydrogens is 696 g/mol. The monoisotopic (exact) mass is 736 g/mol. The molecule has 254 valence electrons.